The van der Waals surface area contributed by atoms with E-state index >= 15 is 0 Å². The van der Waals surface area contributed by atoms with E-state index in [4.69, 9.17) is 4.74 Å². The summed E-state index contributed by atoms with van der Waals surface area (Å²) in [5.74, 6) is -0.824. The van der Waals surface area contributed by atoms with Crippen LogP contribution in [0.4, 0.5) is 5.69 Å². The fourth-order valence-corrected chi connectivity index (χ4v) is 4.19. The Morgan fingerprint density at radius 2 is 1.78 bits per heavy atom. The third-order valence-electron chi connectivity index (χ3n) is 5.72. The maximum absolute atomic E-state index is 13.0. The minimum atomic E-state index is -0.718. The second-order valence-corrected chi connectivity index (χ2v) is 8.63. The molecule has 32 heavy (non-hydrogen) atoms. The molecule has 7 heteroatoms. The number of carbonyl (C=O) groups excluding carboxylic acids is 2. The lowest BCUT2D eigenvalue weighted by atomic mass is 9.96. The number of aromatic nitrogens is 2. The van der Waals surface area contributed by atoms with Crippen molar-refractivity contribution in [1.29, 1.82) is 0 Å². The fraction of sp³-hybridized carbons (Fsp3) is 0.360. The standard InChI is InChI=1S/C25H27N3O4/c1-16(2)14-27-24(30)20-10-6-5-9-19(20)23(26-27)25(31)32-15-22(29)28-17(3)12-13-18-8-4-7-11-21(18)28/h4-11,16-17H,12-15H2,1-3H3. The first kappa shape index (κ1) is 21.7. The van der Waals surface area contributed by atoms with Crippen LogP contribution in [0.3, 0.4) is 0 Å². The molecule has 4 rings (SSSR count). The normalized spacial score (nSPS) is 15.6. The van der Waals surface area contributed by atoms with Crippen molar-refractivity contribution in [2.45, 2.75) is 46.2 Å². The van der Waals surface area contributed by atoms with Gasteiger partial charge in [0.1, 0.15) is 0 Å². The van der Waals surface area contributed by atoms with Crippen LogP contribution in [-0.4, -0.2) is 34.3 Å². The van der Waals surface area contributed by atoms with Crippen LogP contribution in [-0.2, 0) is 22.5 Å². The number of carbonyl (C=O) groups is 2. The molecule has 0 bridgehead atoms. The molecular formula is C25H27N3O4. The average Bonchev–Trinajstić information content (AvgIpc) is 2.78. The molecule has 0 spiro atoms. The molecule has 1 aliphatic rings. The highest BCUT2D eigenvalue weighted by Crippen LogP contribution is 2.30. The Labute approximate surface area is 186 Å². The van der Waals surface area contributed by atoms with E-state index in [1.54, 1.807) is 29.2 Å². The Bertz CT molecular complexity index is 1230. The highest BCUT2D eigenvalue weighted by molar-refractivity contribution is 6.03. The number of esters is 1. The molecule has 166 valence electrons. The Morgan fingerprint density at radius 1 is 1.09 bits per heavy atom. The SMILES string of the molecule is CC(C)Cn1nc(C(=O)OCC(=O)N2c3ccccc3CCC2C)c2ccccc2c1=O. The minimum absolute atomic E-state index is 0.0167. The molecule has 3 aromatic rings. The minimum Gasteiger partial charge on any atom is -0.451 e. The van der Waals surface area contributed by atoms with Crippen molar-refractivity contribution in [3.63, 3.8) is 0 Å². The quantitative estimate of drug-likeness (QED) is 0.575. The van der Waals surface area contributed by atoms with Gasteiger partial charge >= 0.3 is 5.97 Å². The predicted molar refractivity (Wildman–Crippen MR) is 123 cm³/mol. The first-order valence-corrected chi connectivity index (χ1v) is 10.9. The summed E-state index contributed by atoms with van der Waals surface area (Å²) in [7, 11) is 0. The average molecular weight is 434 g/mol. The van der Waals surface area contributed by atoms with Crippen LogP contribution in [0.2, 0.25) is 0 Å². The second kappa shape index (κ2) is 8.94. The van der Waals surface area contributed by atoms with Crippen molar-refractivity contribution in [2.75, 3.05) is 11.5 Å². The second-order valence-electron chi connectivity index (χ2n) is 8.63. The molecule has 1 aliphatic heterocycles. The number of benzene rings is 2. The Kier molecular flexibility index (Phi) is 6.08. The van der Waals surface area contributed by atoms with E-state index in [-0.39, 0.29) is 29.1 Å². The van der Waals surface area contributed by atoms with Crippen molar-refractivity contribution < 1.29 is 14.3 Å². The number of nitrogens with zero attached hydrogens (tertiary/aromatic N) is 3. The summed E-state index contributed by atoms with van der Waals surface area (Å²) >= 11 is 0. The fourth-order valence-electron chi connectivity index (χ4n) is 4.19. The molecule has 0 radical (unpaired) electrons. The van der Waals surface area contributed by atoms with Gasteiger partial charge in [-0.1, -0.05) is 50.2 Å². The van der Waals surface area contributed by atoms with Crippen molar-refractivity contribution in [2.24, 2.45) is 5.92 Å². The van der Waals surface area contributed by atoms with Crippen LogP contribution >= 0.6 is 0 Å². The summed E-state index contributed by atoms with van der Waals surface area (Å²) in [6.45, 7) is 5.92. The van der Waals surface area contributed by atoms with Gasteiger partial charge in [0.2, 0.25) is 0 Å². The monoisotopic (exact) mass is 433 g/mol. The van der Waals surface area contributed by atoms with Gasteiger partial charge in [-0.3, -0.25) is 9.59 Å². The molecular weight excluding hydrogens is 406 g/mol. The Hall–Kier alpha value is -3.48. The molecule has 2 aromatic carbocycles. The smallest absolute Gasteiger partial charge is 0.359 e. The Morgan fingerprint density at radius 3 is 2.53 bits per heavy atom. The van der Waals surface area contributed by atoms with Gasteiger partial charge in [0, 0.05) is 23.7 Å². The molecule has 0 saturated heterocycles. The summed E-state index contributed by atoms with van der Waals surface area (Å²) < 4.78 is 6.71. The number of rotatable bonds is 5. The zero-order valence-corrected chi connectivity index (χ0v) is 18.6. The number of amides is 1. The van der Waals surface area contributed by atoms with E-state index in [2.05, 4.69) is 5.10 Å². The maximum Gasteiger partial charge on any atom is 0.359 e. The number of aryl methyl sites for hydroxylation is 1. The highest BCUT2D eigenvalue weighted by atomic mass is 16.5. The molecule has 2 heterocycles. The number of ether oxygens (including phenoxy) is 1. The Balaban J connectivity index is 1.59. The van der Waals surface area contributed by atoms with E-state index in [1.165, 1.54) is 4.68 Å². The number of para-hydroxylation sites is 1. The third kappa shape index (κ3) is 4.15. The van der Waals surface area contributed by atoms with E-state index in [0.29, 0.717) is 17.3 Å². The van der Waals surface area contributed by atoms with Crippen molar-refractivity contribution in [1.82, 2.24) is 9.78 Å². The number of anilines is 1. The van der Waals surface area contributed by atoms with Gasteiger partial charge in [-0.05, 0) is 43.4 Å². The van der Waals surface area contributed by atoms with E-state index < -0.39 is 12.6 Å². The summed E-state index contributed by atoms with van der Waals surface area (Å²) in [6.07, 6.45) is 1.76. The first-order valence-electron chi connectivity index (χ1n) is 10.9. The summed E-state index contributed by atoms with van der Waals surface area (Å²) in [6, 6.07) is 14.6. The van der Waals surface area contributed by atoms with Gasteiger partial charge in [0.25, 0.3) is 11.5 Å². The van der Waals surface area contributed by atoms with Gasteiger partial charge in [0.15, 0.2) is 12.3 Å². The highest BCUT2D eigenvalue weighted by Gasteiger charge is 2.29. The van der Waals surface area contributed by atoms with Crippen LogP contribution in [0.1, 0.15) is 43.2 Å². The van der Waals surface area contributed by atoms with Crippen LogP contribution in [0.15, 0.2) is 53.3 Å². The molecule has 0 fully saturated rings. The topological polar surface area (TPSA) is 81.5 Å². The molecule has 0 aliphatic carbocycles. The summed E-state index contributed by atoms with van der Waals surface area (Å²) in [4.78, 5) is 40.4. The van der Waals surface area contributed by atoms with Crippen LogP contribution in [0.25, 0.3) is 10.8 Å². The number of fused-ring (bicyclic) bond motifs is 2. The molecule has 0 saturated carbocycles. The lowest BCUT2D eigenvalue weighted by Gasteiger charge is -2.35. The summed E-state index contributed by atoms with van der Waals surface area (Å²) in [5.41, 5.74) is 1.77. The zero-order valence-electron chi connectivity index (χ0n) is 18.6. The third-order valence-corrected chi connectivity index (χ3v) is 5.72. The van der Waals surface area contributed by atoms with Gasteiger partial charge in [-0.25, -0.2) is 9.48 Å². The van der Waals surface area contributed by atoms with Crippen molar-refractivity contribution in [3.05, 3.63) is 70.1 Å². The van der Waals surface area contributed by atoms with Crippen molar-refractivity contribution in [3.8, 4) is 0 Å². The van der Waals surface area contributed by atoms with E-state index in [0.717, 1.165) is 24.1 Å². The molecule has 1 unspecified atom stereocenters. The van der Waals surface area contributed by atoms with Gasteiger partial charge in [0.05, 0.1) is 5.39 Å². The molecule has 1 atom stereocenters. The number of hydrogen-bond acceptors (Lipinski definition) is 5. The zero-order chi connectivity index (χ0) is 22.8. The van der Waals surface area contributed by atoms with E-state index in [9.17, 15) is 14.4 Å². The molecule has 1 aromatic heterocycles. The molecule has 0 N–H and O–H groups in total. The molecule has 7 nitrogen and oxygen atoms in total. The largest absolute Gasteiger partial charge is 0.451 e. The van der Waals surface area contributed by atoms with E-state index in [1.807, 2.05) is 45.0 Å². The van der Waals surface area contributed by atoms with Crippen LogP contribution in [0, 0.1) is 5.92 Å². The number of hydrogen-bond donors (Lipinski definition) is 0. The summed E-state index contributed by atoms with van der Waals surface area (Å²) in [5, 5.41) is 5.11. The van der Waals surface area contributed by atoms with Crippen LogP contribution in [0.5, 0.6) is 0 Å². The van der Waals surface area contributed by atoms with Gasteiger partial charge in [-0.2, -0.15) is 5.10 Å². The lowest BCUT2D eigenvalue weighted by molar-refractivity contribution is -0.122. The molecule has 1 amide bonds. The van der Waals surface area contributed by atoms with Gasteiger partial charge < -0.3 is 9.64 Å². The first-order chi connectivity index (χ1) is 15.4. The lowest BCUT2D eigenvalue weighted by Crippen LogP contribution is -2.44. The predicted octanol–water partition coefficient (Wildman–Crippen LogP) is 3.58. The van der Waals surface area contributed by atoms with Crippen LogP contribution < -0.4 is 10.5 Å². The van der Waals surface area contributed by atoms with Crippen molar-refractivity contribution >= 4 is 28.3 Å². The van der Waals surface area contributed by atoms with Gasteiger partial charge in [-0.15, -0.1) is 0 Å². The maximum atomic E-state index is 13.0.